The van der Waals surface area contributed by atoms with Crippen LogP contribution < -0.4 is 16.4 Å². The summed E-state index contributed by atoms with van der Waals surface area (Å²) >= 11 is 0. The molecule has 0 aliphatic carbocycles. The van der Waals surface area contributed by atoms with Crippen LogP contribution in [-0.4, -0.2) is 30.6 Å². The van der Waals surface area contributed by atoms with E-state index in [1.807, 2.05) is 6.92 Å². The highest BCUT2D eigenvalue weighted by Crippen LogP contribution is 2.07. The van der Waals surface area contributed by atoms with E-state index in [4.69, 9.17) is 5.73 Å². The normalized spacial score (nSPS) is 28.8. The molecule has 0 spiro atoms. The van der Waals surface area contributed by atoms with E-state index in [2.05, 4.69) is 17.6 Å². The van der Waals surface area contributed by atoms with Gasteiger partial charge < -0.3 is 11.1 Å². The molecule has 0 bridgehead atoms. The van der Waals surface area contributed by atoms with Gasteiger partial charge in [0.05, 0.1) is 6.04 Å². The zero-order valence-corrected chi connectivity index (χ0v) is 8.99. The van der Waals surface area contributed by atoms with Gasteiger partial charge in [-0.05, 0) is 19.8 Å². The van der Waals surface area contributed by atoms with Crippen molar-refractivity contribution in [3.05, 3.63) is 0 Å². The van der Waals surface area contributed by atoms with Crippen molar-refractivity contribution in [2.75, 3.05) is 6.54 Å². The second-order valence-corrected chi connectivity index (χ2v) is 4.05. The van der Waals surface area contributed by atoms with Crippen LogP contribution in [0.25, 0.3) is 0 Å². The van der Waals surface area contributed by atoms with E-state index in [-0.39, 0.29) is 18.0 Å². The summed E-state index contributed by atoms with van der Waals surface area (Å²) in [6.45, 7) is 4.84. The van der Waals surface area contributed by atoms with Gasteiger partial charge in [0, 0.05) is 18.6 Å². The molecule has 3 N–H and O–H groups in total. The molecule has 4 nitrogen and oxygen atoms in total. The standard InChI is InChI=1S/C10H20N3O/c1-3-4-9(11)10(14)13-8-5-7(2)12-6-8/h7-9H,3-6,11H2,1-2H3,(H,13,14)/t7?,8?,9-/m0/s1. The molecule has 3 atom stereocenters. The van der Waals surface area contributed by atoms with E-state index in [1.165, 1.54) is 0 Å². The summed E-state index contributed by atoms with van der Waals surface area (Å²) in [5.41, 5.74) is 5.70. The van der Waals surface area contributed by atoms with Crippen molar-refractivity contribution >= 4 is 5.91 Å². The number of nitrogens with zero attached hydrogens (tertiary/aromatic N) is 1. The molecular formula is C10H20N3O. The fourth-order valence-corrected chi connectivity index (χ4v) is 1.72. The number of amides is 1. The first-order valence-corrected chi connectivity index (χ1v) is 5.36. The topological polar surface area (TPSA) is 69.2 Å². The summed E-state index contributed by atoms with van der Waals surface area (Å²) in [5, 5.41) is 7.26. The highest BCUT2D eigenvalue weighted by molar-refractivity contribution is 5.81. The Morgan fingerprint density at radius 1 is 1.71 bits per heavy atom. The number of nitrogens with one attached hydrogen (secondary N) is 1. The molecule has 0 aromatic carbocycles. The Balaban J connectivity index is 2.26. The van der Waals surface area contributed by atoms with E-state index >= 15 is 0 Å². The molecular weight excluding hydrogens is 178 g/mol. The van der Waals surface area contributed by atoms with Gasteiger partial charge in [0.1, 0.15) is 0 Å². The predicted molar refractivity (Wildman–Crippen MR) is 55.9 cm³/mol. The smallest absolute Gasteiger partial charge is 0.237 e. The van der Waals surface area contributed by atoms with E-state index < -0.39 is 0 Å². The zero-order valence-electron chi connectivity index (χ0n) is 8.99. The lowest BCUT2D eigenvalue weighted by Gasteiger charge is -2.15. The van der Waals surface area contributed by atoms with Crippen LogP contribution in [0.2, 0.25) is 0 Å². The zero-order chi connectivity index (χ0) is 10.6. The molecule has 0 aromatic heterocycles. The van der Waals surface area contributed by atoms with Gasteiger partial charge in [0.2, 0.25) is 5.91 Å². The van der Waals surface area contributed by atoms with Crippen LogP contribution in [0.4, 0.5) is 0 Å². The lowest BCUT2D eigenvalue weighted by molar-refractivity contribution is -0.123. The van der Waals surface area contributed by atoms with E-state index in [9.17, 15) is 4.79 Å². The van der Waals surface area contributed by atoms with Gasteiger partial charge in [-0.15, -0.1) is 0 Å². The molecule has 1 heterocycles. The summed E-state index contributed by atoms with van der Waals surface area (Å²) in [6.07, 6.45) is 2.65. The van der Waals surface area contributed by atoms with Crippen molar-refractivity contribution in [1.82, 2.24) is 10.6 Å². The largest absolute Gasteiger partial charge is 0.351 e. The maximum Gasteiger partial charge on any atom is 0.237 e. The SMILES string of the molecule is CCC[C@H](N)C(=O)NC1C[N]C(C)C1. The van der Waals surface area contributed by atoms with Gasteiger partial charge in [-0.1, -0.05) is 13.3 Å². The third-order valence-electron chi connectivity index (χ3n) is 2.55. The van der Waals surface area contributed by atoms with Crippen LogP contribution in [0.3, 0.4) is 0 Å². The molecule has 1 saturated heterocycles. The van der Waals surface area contributed by atoms with Crippen LogP contribution >= 0.6 is 0 Å². The van der Waals surface area contributed by atoms with Crippen molar-refractivity contribution in [2.24, 2.45) is 5.73 Å². The average Bonchev–Trinajstić information content (AvgIpc) is 2.51. The van der Waals surface area contributed by atoms with E-state index in [1.54, 1.807) is 0 Å². The Labute approximate surface area is 85.6 Å². The fourth-order valence-electron chi connectivity index (χ4n) is 1.72. The Kier molecular flexibility index (Phi) is 4.35. The van der Waals surface area contributed by atoms with Gasteiger partial charge in [0.25, 0.3) is 0 Å². The van der Waals surface area contributed by atoms with Crippen molar-refractivity contribution in [3.63, 3.8) is 0 Å². The third-order valence-corrected chi connectivity index (χ3v) is 2.55. The van der Waals surface area contributed by atoms with Gasteiger partial charge in [0.15, 0.2) is 0 Å². The Hall–Kier alpha value is -0.610. The van der Waals surface area contributed by atoms with Crippen molar-refractivity contribution in [3.8, 4) is 0 Å². The monoisotopic (exact) mass is 198 g/mol. The van der Waals surface area contributed by atoms with Crippen LogP contribution in [0.5, 0.6) is 0 Å². The first-order chi connectivity index (χ1) is 6.63. The molecule has 2 unspecified atom stereocenters. The minimum absolute atomic E-state index is 0.0267. The Morgan fingerprint density at radius 3 is 2.93 bits per heavy atom. The summed E-state index contributed by atoms with van der Waals surface area (Å²) < 4.78 is 0. The molecule has 4 heteroatoms. The van der Waals surface area contributed by atoms with E-state index in [0.29, 0.717) is 6.04 Å². The molecule has 1 radical (unpaired) electrons. The minimum atomic E-state index is -0.351. The number of nitrogens with two attached hydrogens (primary N) is 1. The Morgan fingerprint density at radius 2 is 2.43 bits per heavy atom. The minimum Gasteiger partial charge on any atom is -0.351 e. The van der Waals surface area contributed by atoms with Crippen LogP contribution in [-0.2, 0) is 4.79 Å². The molecule has 14 heavy (non-hydrogen) atoms. The fraction of sp³-hybridized carbons (Fsp3) is 0.900. The highest BCUT2D eigenvalue weighted by Gasteiger charge is 2.24. The lowest BCUT2D eigenvalue weighted by atomic mass is 10.1. The molecule has 81 valence electrons. The lowest BCUT2D eigenvalue weighted by Crippen LogP contribution is -2.45. The van der Waals surface area contributed by atoms with Gasteiger partial charge in [-0.25, -0.2) is 5.32 Å². The van der Waals surface area contributed by atoms with Crippen molar-refractivity contribution < 1.29 is 4.79 Å². The van der Waals surface area contributed by atoms with Crippen LogP contribution in [0.1, 0.15) is 33.1 Å². The van der Waals surface area contributed by atoms with Crippen LogP contribution in [0.15, 0.2) is 0 Å². The molecule has 1 aliphatic rings. The summed E-state index contributed by atoms with van der Waals surface area (Å²) in [4.78, 5) is 11.5. The summed E-state index contributed by atoms with van der Waals surface area (Å²) in [7, 11) is 0. The number of hydrogen-bond donors (Lipinski definition) is 2. The van der Waals surface area contributed by atoms with Gasteiger partial charge in [-0.3, -0.25) is 4.79 Å². The van der Waals surface area contributed by atoms with E-state index in [0.717, 1.165) is 25.8 Å². The number of carbonyl (C=O) groups excluding carboxylic acids is 1. The second kappa shape index (κ2) is 5.32. The van der Waals surface area contributed by atoms with Crippen molar-refractivity contribution in [1.29, 1.82) is 0 Å². The molecule has 0 saturated carbocycles. The van der Waals surface area contributed by atoms with Crippen LogP contribution in [0, 0.1) is 0 Å². The van der Waals surface area contributed by atoms with Gasteiger partial charge in [-0.2, -0.15) is 0 Å². The molecule has 0 aromatic rings. The average molecular weight is 198 g/mol. The highest BCUT2D eigenvalue weighted by atomic mass is 16.2. The predicted octanol–water partition coefficient (Wildman–Crippen LogP) is -0.00480. The number of rotatable bonds is 4. The summed E-state index contributed by atoms with van der Waals surface area (Å²) in [5.74, 6) is -0.0267. The number of hydrogen-bond acceptors (Lipinski definition) is 2. The molecule has 1 fully saturated rings. The maximum absolute atomic E-state index is 11.5. The summed E-state index contributed by atoms with van der Waals surface area (Å²) in [6, 6.07) is 0.235. The maximum atomic E-state index is 11.5. The third kappa shape index (κ3) is 3.27. The first-order valence-electron chi connectivity index (χ1n) is 5.36. The molecule has 1 amide bonds. The first kappa shape index (κ1) is 11.5. The van der Waals surface area contributed by atoms with Crippen molar-refractivity contribution in [2.45, 2.75) is 51.2 Å². The number of carbonyl (C=O) groups is 1. The van der Waals surface area contributed by atoms with Gasteiger partial charge >= 0.3 is 0 Å². The quantitative estimate of drug-likeness (QED) is 0.667. The molecule has 1 aliphatic heterocycles. The second-order valence-electron chi connectivity index (χ2n) is 4.05. The molecule has 1 rings (SSSR count). The Bertz CT molecular complexity index is 196.